The van der Waals surface area contributed by atoms with E-state index in [2.05, 4.69) is 58.1 Å². The third-order valence-electron chi connectivity index (χ3n) is 5.30. The minimum Gasteiger partial charge on any atom is -0.368 e. The molecule has 1 fully saturated rings. The first-order valence-electron chi connectivity index (χ1n) is 8.88. The molecule has 27 heavy (non-hydrogen) atoms. The summed E-state index contributed by atoms with van der Waals surface area (Å²) in [4.78, 5) is 13.3. The molecule has 0 unspecified atom stereocenters. The van der Waals surface area contributed by atoms with E-state index in [1.807, 2.05) is 0 Å². The van der Waals surface area contributed by atoms with Crippen LogP contribution in [0.2, 0.25) is 0 Å². The lowest BCUT2D eigenvalue weighted by Crippen LogP contribution is -2.35. The van der Waals surface area contributed by atoms with Crippen molar-refractivity contribution in [2.24, 2.45) is 5.73 Å². The molecule has 2 aromatic rings. The van der Waals surface area contributed by atoms with Gasteiger partial charge in [-0.25, -0.2) is 4.98 Å². The fourth-order valence-electron chi connectivity index (χ4n) is 3.85. The third kappa shape index (κ3) is 4.63. The smallest absolute Gasteiger partial charge is 0.222 e. The number of anilines is 2. The number of aromatic nitrogens is 2. The zero-order valence-electron chi connectivity index (χ0n) is 15.8. The molecular formula is C19H28Cl2N6. The van der Waals surface area contributed by atoms with Crippen LogP contribution in [-0.2, 0) is 19.6 Å². The van der Waals surface area contributed by atoms with E-state index < -0.39 is 0 Å². The van der Waals surface area contributed by atoms with E-state index in [4.69, 9.17) is 11.5 Å². The SMILES string of the molecule is CN1Cc2ccc(CN(C)c3cc(C4CC(N)C4)nc(N)n3)cc2C1.Cl.Cl. The van der Waals surface area contributed by atoms with E-state index in [9.17, 15) is 0 Å². The molecular weight excluding hydrogens is 383 g/mol. The van der Waals surface area contributed by atoms with Gasteiger partial charge in [-0.05, 0) is 36.6 Å². The number of nitrogens with zero attached hydrogens (tertiary/aromatic N) is 4. The Morgan fingerprint density at radius 3 is 2.52 bits per heavy atom. The lowest BCUT2D eigenvalue weighted by molar-refractivity contribution is 0.345. The van der Waals surface area contributed by atoms with Crippen molar-refractivity contribution < 1.29 is 0 Å². The summed E-state index contributed by atoms with van der Waals surface area (Å²) in [5.74, 6) is 1.64. The molecule has 0 bridgehead atoms. The van der Waals surface area contributed by atoms with Crippen LogP contribution in [0.1, 0.15) is 41.1 Å². The summed E-state index contributed by atoms with van der Waals surface area (Å²) in [6.07, 6.45) is 1.97. The Labute approximate surface area is 173 Å². The van der Waals surface area contributed by atoms with Gasteiger partial charge in [-0.15, -0.1) is 24.8 Å². The van der Waals surface area contributed by atoms with Crippen LogP contribution in [-0.4, -0.2) is 35.0 Å². The predicted octanol–water partition coefficient (Wildman–Crippen LogP) is 2.69. The molecule has 0 radical (unpaired) electrons. The van der Waals surface area contributed by atoms with Gasteiger partial charge >= 0.3 is 0 Å². The minimum atomic E-state index is 0. The maximum Gasteiger partial charge on any atom is 0.222 e. The number of hydrogen-bond acceptors (Lipinski definition) is 6. The van der Waals surface area contributed by atoms with Crippen molar-refractivity contribution in [1.82, 2.24) is 14.9 Å². The summed E-state index contributed by atoms with van der Waals surface area (Å²) in [5.41, 5.74) is 17.0. The second-order valence-corrected chi connectivity index (χ2v) is 7.57. The van der Waals surface area contributed by atoms with Crippen LogP contribution < -0.4 is 16.4 Å². The van der Waals surface area contributed by atoms with E-state index in [0.29, 0.717) is 17.9 Å². The zero-order valence-corrected chi connectivity index (χ0v) is 17.4. The van der Waals surface area contributed by atoms with Crippen molar-refractivity contribution in [3.63, 3.8) is 0 Å². The van der Waals surface area contributed by atoms with Crippen molar-refractivity contribution in [3.05, 3.63) is 46.6 Å². The van der Waals surface area contributed by atoms with Gasteiger partial charge in [-0.1, -0.05) is 18.2 Å². The number of nitrogen functional groups attached to an aromatic ring is 1. The number of halogens is 2. The van der Waals surface area contributed by atoms with Crippen molar-refractivity contribution >= 4 is 36.6 Å². The topological polar surface area (TPSA) is 84.3 Å². The van der Waals surface area contributed by atoms with Crippen LogP contribution in [0.3, 0.4) is 0 Å². The monoisotopic (exact) mass is 410 g/mol. The molecule has 1 saturated carbocycles. The molecule has 148 valence electrons. The molecule has 4 N–H and O–H groups in total. The second kappa shape index (κ2) is 8.61. The minimum absolute atomic E-state index is 0. The first kappa shape index (κ1) is 21.7. The maximum atomic E-state index is 5.95. The Bertz CT molecular complexity index is 794. The standard InChI is InChI=1S/C19H26N6.2ClH/c1-24-10-13-4-3-12(5-15(13)11-24)9-25(2)18-8-17(22-19(21)23-18)14-6-16(20)7-14;;/h3-5,8,14,16H,6-7,9-11,20H2,1-2H3,(H2,21,22,23);2*1H. The summed E-state index contributed by atoms with van der Waals surface area (Å²) < 4.78 is 0. The Hall–Kier alpha value is -1.60. The summed E-state index contributed by atoms with van der Waals surface area (Å²) in [6.45, 7) is 2.87. The van der Waals surface area contributed by atoms with Gasteiger partial charge in [0.1, 0.15) is 5.82 Å². The Morgan fingerprint density at radius 1 is 1.11 bits per heavy atom. The molecule has 1 aromatic heterocycles. The van der Waals surface area contributed by atoms with E-state index in [1.54, 1.807) is 0 Å². The fourth-order valence-corrected chi connectivity index (χ4v) is 3.85. The van der Waals surface area contributed by atoms with Crippen LogP contribution in [0.25, 0.3) is 0 Å². The number of rotatable bonds is 4. The Kier molecular flexibility index (Phi) is 6.92. The Balaban J connectivity index is 0.00000131. The van der Waals surface area contributed by atoms with Crippen molar-refractivity contribution in [3.8, 4) is 0 Å². The van der Waals surface area contributed by atoms with Gasteiger partial charge < -0.3 is 16.4 Å². The number of fused-ring (bicyclic) bond motifs is 1. The first-order chi connectivity index (χ1) is 12.0. The van der Waals surface area contributed by atoms with Crippen LogP contribution in [0.15, 0.2) is 24.3 Å². The van der Waals surface area contributed by atoms with Crippen molar-refractivity contribution in [1.29, 1.82) is 0 Å². The molecule has 6 nitrogen and oxygen atoms in total. The lowest BCUT2D eigenvalue weighted by Gasteiger charge is -2.32. The lowest BCUT2D eigenvalue weighted by atomic mass is 9.78. The second-order valence-electron chi connectivity index (χ2n) is 7.57. The highest BCUT2D eigenvalue weighted by Crippen LogP contribution is 2.36. The Morgan fingerprint density at radius 2 is 1.81 bits per heavy atom. The molecule has 1 aliphatic heterocycles. The summed E-state index contributed by atoms with van der Waals surface area (Å²) in [5, 5.41) is 0. The molecule has 2 aliphatic rings. The van der Waals surface area contributed by atoms with Gasteiger partial charge in [0.25, 0.3) is 0 Å². The average molecular weight is 411 g/mol. The molecule has 0 amide bonds. The largest absolute Gasteiger partial charge is 0.368 e. The van der Waals surface area contributed by atoms with Crippen molar-refractivity contribution in [2.45, 2.75) is 44.4 Å². The highest BCUT2D eigenvalue weighted by atomic mass is 35.5. The third-order valence-corrected chi connectivity index (χ3v) is 5.30. The fraction of sp³-hybridized carbons (Fsp3) is 0.474. The van der Waals surface area contributed by atoms with E-state index in [0.717, 1.165) is 44.0 Å². The average Bonchev–Trinajstić information content (AvgIpc) is 2.90. The van der Waals surface area contributed by atoms with Crippen LogP contribution >= 0.6 is 24.8 Å². The highest BCUT2D eigenvalue weighted by molar-refractivity contribution is 5.85. The van der Waals surface area contributed by atoms with Gasteiger partial charge in [0.2, 0.25) is 5.95 Å². The van der Waals surface area contributed by atoms with Gasteiger partial charge in [0.15, 0.2) is 0 Å². The quantitative estimate of drug-likeness (QED) is 0.805. The van der Waals surface area contributed by atoms with Gasteiger partial charge in [-0.2, -0.15) is 4.98 Å². The summed E-state index contributed by atoms with van der Waals surface area (Å²) in [7, 11) is 4.21. The van der Waals surface area contributed by atoms with Gasteiger partial charge in [-0.3, -0.25) is 4.90 Å². The van der Waals surface area contributed by atoms with E-state index >= 15 is 0 Å². The van der Waals surface area contributed by atoms with Crippen LogP contribution in [0, 0.1) is 0 Å². The molecule has 4 rings (SSSR count). The summed E-state index contributed by atoms with van der Waals surface area (Å²) >= 11 is 0. The molecule has 1 aliphatic carbocycles. The molecule has 0 atom stereocenters. The normalized spacial score (nSPS) is 20.9. The van der Waals surface area contributed by atoms with E-state index in [1.165, 1.54) is 16.7 Å². The number of nitrogens with two attached hydrogens (primary N) is 2. The predicted molar refractivity (Wildman–Crippen MR) is 115 cm³/mol. The number of hydrogen-bond donors (Lipinski definition) is 2. The molecule has 1 aromatic carbocycles. The first-order valence-corrected chi connectivity index (χ1v) is 8.88. The van der Waals surface area contributed by atoms with Crippen LogP contribution in [0.5, 0.6) is 0 Å². The number of benzene rings is 1. The highest BCUT2D eigenvalue weighted by Gasteiger charge is 2.29. The van der Waals surface area contributed by atoms with E-state index in [-0.39, 0.29) is 24.8 Å². The van der Waals surface area contributed by atoms with Crippen LogP contribution in [0.4, 0.5) is 11.8 Å². The molecule has 2 heterocycles. The molecule has 0 spiro atoms. The van der Waals surface area contributed by atoms with Crippen molar-refractivity contribution in [2.75, 3.05) is 24.7 Å². The van der Waals surface area contributed by atoms with Gasteiger partial charge in [0.05, 0.1) is 5.69 Å². The summed E-state index contributed by atoms with van der Waals surface area (Å²) in [6, 6.07) is 9.13. The van der Waals surface area contributed by atoms with Gasteiger partial charge in [0, 0.05) is 44.7 Å². The molecule has 0 saturated heterocycles. The maximum absolute atomic E-state index is 5.95. The molecule has 8 heteroatoms. The zero-order chi connectivity index (χ0) is 17.6.